The van der Waals surface area contributed by atoms with E-state index in [9.17, 15) is 13.2 Å². The fraction of sp³-hybridized carbons (Fsp3) is 0.100. The maximum Gasteiger partial charge on any atom is 0.417 e. The van der Waals surface area contributed by atoms with Gasteiger partial charge in [-0.3, -0.25) is 5.43 Å². The molecule has 8 heteroatoms. The highest BCUT2D eigenvalue weighted by atomic mass is 35.5. The Morgan fingerprint density at radius 2 is 1.89 bits per heavy atom. The SMILES string of the molecule is N#CC(C#N)=NNc1cccc(C(F)(F)F)c1Cl. The van der Waals surface area contributed by atoms with E-state index in [2.05, 4.69) is 10.5 Å². The van der Waals surface area contributed by atoms with Crippen molar-refractivity contribution in [2.75, 3.05) is 5.43 Å². The molecule has 1 N–H and O–H groups in total. The Hall–Kier alpha value is -2.25. The van der Waals surface area contributed by atoms with Crippen LogP contribution in [0.4, 0.5) is 18.9 Å². The molecule has 0 bridgehead atoms. The summed E-state index contributed by atoms with van der Waals surface area (Å²) in [7, 11) is 0. The molecule has 0 aromatic heterocycles. The molecule has 1 rings (SSSR count). The summed E-state index contributed by atoms with van der Waals surface area (Å²) in [5.74, 6) is 0. The molecule has 18 heavy (non-hydrogen) atoms. The number of hydrogen-bond acceptors (Lipinski definition) is 4. The van der Waals surface area contributed by atoms with E-state index < -0.39 is 22.5 Å². The molecule has 0 aliphatic rings. The van der Waals surface area contributed by atoms with E-state index in [1.165, 1.54) is 18.2 Å². The third-order valence-electron chi connectivity index (χ3n) is 1.80. The van der Waals surface area contributed by atoms with Crippen LogP contribution in [0.3, 0.4) is 0 Å². The standard InChI is InChI=1S/C10H4ClF3N4/c11-9-7(10(12,13)14)2-1-3-8(9)18-17-6(4-15)5-16/h1-3,18H. The zero-order valence-electron chi connectivity index (χ0n) is 8.59. The van der Waals surface area contributed by atoms with Crippen LogP contribution in [-0.4, -0.2) is 5.71 Å². The van der Waals surface area contributed by atoms with Crippen molar-refractivity contribution in [3.8, 4) is 12.1 Å². The van der Waals surface area contributed by atoms with E-state index in [-0.39, 0.29) is 5.69 Å². The van der Waals surface area contributed by atoms with Crippen LogP contribution in [0.1, 0.15) is 5.56 Å². The number of nitrogens with zero attached hydrogens (tertiary/aromatic N) is 3. The molecule has 0 saturated carbocycles. The number of nitriles is 2. The Morgan fingerprint density at radius 3 is 2.39 bits per heavy atom. The molecule has 0 amide bonds. The number of nitrogens with one attached hydrogen (secondary N) is 1. The first-order chi connectivity index (χ1) is 8.40. The maximum atomic E-state index is 12.5. The predicted octanol–water partition coefficient (Wildman–Crippen LogP) is 3.17. The molecule has 0 spiro atoms. The highest BCUT2D eigenvalue weighted by molar-refractivity contribution is 6.34. The van der Waals surface area contributed by atoms with Gasteiger partial charge in [-0.25, -0.2) is 0 Å². The molecule has 0 aliphatic carbocycles. The molecular formula is C10H4ClF3N4. The maximum absolute atomic E-state index is 12.5. The quantitative estimate of drug-likeness (QED) is 0.664. The normalized spacial score (nSPS) is 10.1. The van der Waals surface area contributed by atoms with Gasteiger partial charge in [0.25, 0.3) is 0 Å². The first kappa shape index (κ1) is 13.8. The van der Waals surface area contributed by atoms with Crippen molar-refractivity contribution in [2.45, 2.75) is 6.18 Å². The third kappa shape index (κ3) is 3.12. The first-order valence-electron chi connectivity index (χ1n) is 4.39. The van der Waals surface area contributed by atoms with Crippen LogP contribution in [0.25, 0.3) is 0 Å². The smallest absolute Gasteiger partial charge is 0.275 e. The molecule has 0 unspecified atom stereocenters. The number of hydrogen-bond donors (Lipinski definition) is 1. The summed E-state index contributed by atoms with van der Waals surface area (Å²) in [5, 5.41) is 19.5. The summed E-state index contributed by atoms with van der Waals surface area (Å²) in [5.41, 5.74) is 0.442. The Kier molecular flexibility index (Phi) is 4.13. The van der Waals surface area contributed by atoms with E-state index in [1.807, 2.05) is 0 Å². The highest BCUT2D eigenvalue weighted by Gasteiger charge is 2.33. The third-order valence-corrected chi connectivity index (χ3v) is 2.21. The minimum absolute atomic E-state index is 0.144. The summed E-state index contributed by atoms with van der Waals surface area (Å²) in [6.07, 6.45) is -4.59. The van der Waals surface area contributed by atoms with Crippen LogP contribution in [0.5, 0.6) is 0 Å². The molecule has 0 saturated heterocycles. The number of alkyl halides is 3. The highest BCUT2D eigenvalue weighted by Crippen LogP contribution is 2.38. The molecule has 0 aliphatic heterocycles. The molecule has 0 radical (unpaired) electrons. The van der Waals surface area contributed by atoms with Crippen LogP contribution in [0, 0.1) is 22.7 Å². The van der Waals surface area contributed by atoms with E-state index in [0.717, 1.165) is 12.1 Å². The minimum Gasteiger partial charge on any atom is -0.275 e. The predicted molar refractivity (Wildman–Crippen MR) is 58.7 cm³/mol. The minimum atomic E-state index is -4.59. The number of benzene rings is 1. The summed E-state index contributed by atoms with van der Waals surface area (Å²) >= 11 is 5.55. The second-order valence-electron chi connectivity index (χ2n) is 2.96. The van der Waals surface area contributed by atoms with Crippen LogP contribution in [0.2, 0.25) is 5.02 Å². The largest absolute Gasteiger partial charge is 0.417 e. The van der Waals surface area contributed by atoms with E-state index in [0.29, 0.717) is 0 Å². The first-order valence-corrected chi connectivity index (χ1v) is 4.77. The fourth-order valence-electron chi connectivity index (χ4n) is 1.03. The molecule has 1 aromatic carbocycles. The lowest BCUT2D eigenvalue weighted by Crippen LogP contribution is -2.07. The van der Waals surface area contributed by atoms with Gasteiger partial charge in [0.1, 0.15) is 12.1 Å². The topological polar surface area (TPSA) is 72.0 Å². The van der Waals surface area contributed by atoms with Crippen LogP contribution in [-0.2, 0) is 6.18 Å². The molecule has 1 aromatic rings. The lowest BCUT2D eigenvalue weighted by molar-refractivity contribution is -0.137. The van der Waals surface area contributed by atoms with E-state index >= 15 is 0 Å². The van der Waals surface area contributed by atoms with Crippen LogP contribution < -0.4 is 5.43 Å². The lowest BCUT2D eigenvalue weighted by Gasteiger charge is -2.11. The Morgan fingerprint density at radius 1 is 1.28 bits per heavy atom. The zero-order chi connectivity index (χ0) is 13.8. The average molecular weight is 273 g/mol. The number of halogens is 4. The van der Waals surface area contributed by atoms with Crippen LogP contribution >= 0.6 is 11.6 Å². The molecular weight excluding hydrogens is 269 g/mol. The van der Waals surface area contributed by atoms with Gasteiger partial charge in [0.05, 0.1) is 16.3 Å². The van der Waals surface area contributed by atoms with Gasteiger partial charge in [0.2, 0.25) is 5.71 Å². The number of hydrazone groups is 1. The Bertz CT molecular complexity index is 550. The Labute approximate surface area is 105 Å². The van der Waals surface area contributed by atoms with E-state index in [4.69, 9.17) is 22.1 Å². The molecule has 0 fully saturated rings. The molecule has 4 nitrogen and oxygen atoms in total. The van der Waals surface area contributed by atoms with Gasteiger partial charge in [-0.1, -0.05) is 17.7 Å². The second kappa shape index (κ2) is 5.39. The van der Waals surface area contributed by atoms with Gasteiger partial charge in [-0.05, 0) is 12.1 Å². The van der Waals surface area contributed by atoms with Gasteiger partial charge in [-0.15, -0.1) is 0 Å². The second-order valence-corrected chi connectivity index (χ2v) is 3.34. The van der Waals surface area contributed by atoms with Crippen molar-refractivity contribution in [3.63, 3.8) is 0 Å². The van der Waals surface area contributed by atoms with E-state index in [1.54, 1.807) is 0 Å². The van der Waals surface area contributed by atoms with Gasteiger partial charge >= 0.3 is 6.18 Å². The molecule has 92 valence electrons. The zero-order valence-corrected chi connectivity index (χ0v) is 9.34. The lowest BCUT2D eigenvalue weighted by atomic mass is 10.2. The average Bonchev–Trinajstić information content (AvgIpc) is 2.30. The summed E-state index contributed by atoms with van der Waals surface area (Å²) < 4.78 is 37.5. The monoisotopic (exact) mass is 272 g/mol. The van der Waals surface area contributed by atoms with Gasteiger partial charge in [0.15, 0.2) is 0 Å². The van der Waals surface area contributed by atoms with Crippen molar-refractivity contribution in [3.05, 3.63) is 28.8 Å². The van der Waals surface area contributed by atoms with Gasteiger partial charge in [0, 0.05) is 0 Å². The molecule has 0 atom stereocenters. The fourth-order valence-corrected chi connectivity index (χ4v) is 1.30. The number of anilines is 1. The summed E-state index contributed by atoms with van der Waals surface area (Å²) in [4.78, 5) is 0. The number of rotatable bonds is 2. The van der Waals surface area contributed by atoms with Gasteiger partial charge < -0.3 is 0 Å². The summed E-state index contributed by atoms with van der Waals surface area (Å²) in [6.45, 7) is 0. The van der Waals surface area contributed by atoms with Crippen molar-refractivity contribution in [1.82, 2.24) is 0 Å². The molecule has 0 heterocycles. The van der Waals surface area contributed by atoms with Crippen molar-refractivity contribution < 1.29 is 13.2 Å². The van der Waals surface area contributed by atoms with Crippen molar-refractivity contribution >= 4 is 23.0 Å². The van der Waals surface area contributed by atoms with Crippen molar-refractivity contribution in [1.29, 1.82) is 10.5 Å². The van der Waals surface area contributed by atoms with Crippen molar-refractivity contribution in [2.24, 2.45) is 5.10 Å². The van der Waals surface area contributed by atoms with Crippen LogP contribution in [0.15, 0.2) is 23.3 Å². The van der Waals surface area contributed by atoms with Gasteiger partial charge in [-0.2, -0.15) is 28.8 Å². The summed E-state index contributed by atoms with van der Waals surface area (Å²) in [6, 6.07) is 6.08. The Balaban J connectivity index is 3.11.